The lowest BCUT2D eigenvalue weighted by molar-refractivity contribution is -0.139. The zero-order valence-electron chi connectivity index (χ0n) is 16.6. The van der Waals surface area contributed by atoms with Crippen molar-refractivity contribution in [2.45, 2.75) is 19.3 Å². The van der Waals surface area contributed by atoms with Crippen LogP contribution in [0.3, 0.4) is 0 Å². The van der Waals surface area contributed by atoms with E-state index >= 15 is 0 Å². The molecule has 1 unspecified atom stereocenters. The Bertz CT molecular complexity index is 1050. The van der Waals surface area contributed by atoms with Crippen molar-refractivity contribution in [3.63, 3.8) is 0 Å². The highest BCUT2D eigenvalue weighted by atomic mass is 35.5. The number of sulfone groups is 1. The van der Waals surface area contributed by atoms with Crippen molar-refractivity contribution in [1.82, 2.24) is 5.32 Å². The molecule has 1 N–H and O–H groups in total. The number of ether oxygens (including phenoxy) is 2. The third-order valence-corrected chi connectivity index (χ3v) is 7.53. The Morgan fingerprint density at radius 1 is 1.40 bits per heavy atom. The largest absolute Gasteiger partial charge is 0.462 e. The van der Waals surface area contributed by atoms with Gasteiger partial charge in [-0.1, -0.05) is 35.3 Å². The number of carbonyl (C=O) groups is 1. The molecule has 1 atom stereocenters. The van der Waals surface area contributed by atoms with Crippen LogP contribution in [0.2, 0.25) is 10.0 Å². The molecular formula is C20H22Cl2N2O5S. The van der Waals surface area contributed by atoms with Gasteiger partial charge in [-0.2, -0.15) is 0 Å². The molecule has 0 radical (unpaired) electrons. The summed E-state index contributed by atoms with van der Waals surface area (Å²) in [5.41, 5.74) is 1.47. The van der Waals surface area contributed by atoms with Crippen LogP contribution < -0.4 is 5.32 Å². The smallest absolute Gasteiger partial charge is 0.336 e. The molecular weight excluding hydrogens is 451 g/mol. The Kier molecular flexibility index (Phi) is 7.23. The fourth-order valence-electron chi connectivity index (χ4n) is 3.53. The summed E-state index contributed by atoms with van der Waals surface area (Å²) < 4.78 is 37.2. The lowest BCUT2D eigenvalue weighted by Crippen LogP contribution is -2.33. The highest BCUT2D eigenvalue weighted by Gasteiger charge is 2.42. The van der Waals surface area contributed by atoms with Crippen molar-refractivity contribution in [2.75, 3.05) is 32.6 Å². The number of benzene rings is 1. The number of esters is 1. The average molecular weight is 473 g/mol. The number of dihydropyridines is 1. The van der Waals surface area contributed by atoms with Crippen molar-refractivity contribution < 1.29 is 22.7 Å². The van der Waals surface area contributed by atoms with Gasteiger partial charge >= 0.3 is 5.97 Å². The van der Waals surface area contributed by atoms with Crippen molar-refractivity contribution in [1.29, 1.82) is 0 Å². The molecule has 0 amide bonds. The van der Waals surface area contributed by atoms with Gasteiger partial charge in [0.2, 0.25) is 0 Å². The summed E-state index contributed by atoms with van der Waals surface area (Å²) in [5, 5.41) is 3.49. The van der Waals surface area contributed by atoms with Crippen LogP contribution in [0.1, 0.15) is 24.8 Å². The van der Waals surface area contributed by atoms with E-state index in [4.69, 9.17) is 32.7 Å². The molecule has 7 nitrogen and oxygen atoms in total. The molecule has 3 rings (SSSR count). The summed E-state index contributed by atoms with van der Waals surface area (Å²) in [6.07, 6.45) is 2.08. The quantitative estimate of drug-likeness (QED) is 0.401. The maximum Gasteiger partial charge on any atom is 0.336 e. The van der Waals surface area contributed by atoms with Crippen molar-refractivity contribution in [2.24, 2.45) is 4.99 Å². The minimum Gasteiger partial charge on any atom is -0.462 e. The van der Waals surface area contributed by atoms with Crippen LogP contribution >= 0.6 is 23.2 Å². The SMILES string of the molecule is CN=CCCOC(=O)C1=C(C)NC2=C(C1c1cccc(Cl)c1Cl)S(=O)(=O)CCOC2. The van der Waals surface area contributed by atoms with Crippen LogP contribution in [0.5, 0.6) is 0 Å². The number of halogens is 2. The summed E-state index contributed by atoms with van der Waals surface area (Å²) in [6.45, 7) is 1.94. The van der Waals surface area contributed by atoms with E-state index in [1.165, 1.54) is 0 Å². The molecule has 2 heterocycles. The van der Waals surface area contributed by atoms with E-state index in [9.17, 15) is 13.2 Å². The summed E-state index contributed by atoms with van der Waals surface area (Å²) in [4.78, 5) is 17.0. The van der Waals surface area contributed by atoms with E-state index in [0.29, 0.717) is 23.4 Å². The summed E-state index contributed by atoms with van der Waals surface area (Å²) in [6, 6.07) is 4.94. The van der Waals surface area contributed by atoms with E-state index in [0.717, 1.165) is 0 Å². The first-order valence-electron chi connectivity index (χ1n) is 9.31. The summed E-state index contributed by atoms with van der Waals surface area (Å²) in [7, 11) is -2.11. The van der Waals surface area contributed by atoms with Crippen LogP contribution in [0.4, 0.5) is 0 Å². The van der Waals surface area contributed by atoms with Crippen molar-refractivity contribution >= 4 is 45.2 Å². The first kappa shape index (κ1) is 22.8. The fraction of sp³-hybridized carbons (Fsp3) is 0.400. The average Bonchev–Trinajstić information content (AvgIpc) is 2.84. The predicted octanol–water partition coefficient (Wildman–Crippen LogP) is 3.24. The van der Waals surface area contributed by atoms with E-state index in [1.807, 2.05) is 0 Å². The van der Waals surface area contributed by atoms with Crippen LogP contribution in [-0.4, -0.2) is 53.2 Å². The zero-order chi connectivity index (χ0) is 21.9. The number of rotatable bonds is 5. The standard InChI is InChI=1S/C20H22Cl2N2O5S/c1-12-16(20(25)29-8-4-7-23-2)17(13-5-3-6-14(21)18(13)22)19-15(24-12)11-28-9-10-30(19,26)27/h3,5-7,17,24H,4,8-11H2,1-2H3. The molecule has 0 aliphatic carbocycles. The monoisotopic (exact) mass is 472 g/mol. The topological polar surface area (TPSA) is 94.1 Å². The number of allylic oxidation sites excluding steroid dienone is 2. The lowest BCUT2D eigenvalue weighted by Gasteiger charge is -2.31. The second-order valence-electron chi connectivity index (χ2n) is 6.82. The van der Waals surface area contributed by atoms with Gasteiger partial charge in [0.1, 0.15) is 0 Å². The number of hydrogen-bond acceptors (Lipinski definition) is 7. The molecule has 0 saturated heterocycles. The van der Waals surface area contributed by atoms with E-state index in [2.05, 4.69) is 10.3 Å². The van der Waals surface area contributed by atoms with Gasteiger partial charge < -0.3 is 19.8 Å². The minimum absolute atomic E-state index is 0.0577. The number of carbonyl (C=O) groups excluding carboxylic acids is 1. The van der Waals surface area contributed by atoms with Crippen LogP contribution in [0.25, 0.3) is 0 Å². The number of hydrogen-bond donors (Lipinski definition) is 1. The van der Waals surface area contributed by atoms with E-state index < -0.39 is 21.7 Å². The third-order valence-electron chi connectivity index (χ3n) is 4.84. The van der Waals surface area contributed by atoms with Gasteiger partial charge in [0.05, 0.1) is 57.7 Å². The van der Waals surface area contributed by atoms with Gasteiger partial charge in [-0.25, -0.2) is 13.2 Å². The fourth-order valence-corrected chi connectivity index (χ4v) is 5.59. The Hall–Kier alpha value is -1.87. The summed E-state index contributed by atoms with van der Waals surface area (Å²) in [5.74, 6) is -1.78. The van der Waals surface area contributed by atoms with Crippen molar-refractivity contribution in [3.05, 3.63) is 55.7 Å². The van der Waals surface area contributed by atoms with E-state index in [1.54, 1.807) is 38.4 Å². The van der Waals surface area contributed by atoms with Gasteiger partial charge in [-0.3, -0.25) is 0 Å². The molecule has 30 heavy (non-hydrogen) atoms. The molecule has 1 aromatic carbocycles. The lowest BCUT2D eigenvalue weighted by atomic mass is 9.86. The zero-order valence-corrected chi connectivity index (χ0v) is 18.9. The predicted molar refractivity (Wildman–Crippen MR) is 117 cm³/mol. The number of nitrogens with zero attached hydrogens (tertiary/aromatic N) is 1. The van der Waals surface area contributed by atoms with Crippen LogP contribution in [-0.2, 0) is 24.1 Å². The molecule has 0 aromatic heterocycles. The van der Waals surface area contributed by atoms with Crippen molar-refractivity contribution in [3.8, 4) is 0 Å². The van der Waals surface area contributed by atoms with Crippen LogP contribution in [0.15, 0.2) is 45.1 Å². The molecule has 0 fully saturated rings. The number of nitrogens with one attached hydrogen (secondary N) is 1. The molecule has 2 aliphatic heterocycles. The van der Waals surface area contributed by atoms with Gasteiger partial charge in [0, 0.05) is 25.4 Å². The normalized spacial score (nSPS) is 21.3. The van der Waals surface area contributed by atoms with Gasteiger partial charge in [0.15, 0.2) is 9.84 Å². The third kappa shape index (κ3) is 4.56. The first-order chi connectivity index (χ1) is 14.3. The highest BCUT2D eigenvalue weighted by molar-refractivity contribution is 7.95. The van der Waals surface area contributed by atoms with Gasteiger partial charge in [-0.15, -0.1) is 0 Å². The van der Waals surface area contributed by atoms with Gasteiger partial charge in [-0.05, 0) is 18.6 Å². The Morgan fingerprint density at radius 2 is 2.17 bits per heavy atom. The Balaban J connectivity index is 2.15. The molecule has 2 aliphatic rings. The molecule has 0 bridgehead atoms. The van der Waals surface area contributed by atoms with Gasteiger partial charge in [0.25, 0.3) is 0 Å². The molecule has 10 heteroatoms. The first-order valence-corrected chi connectivity index (χ1v) is 11.7. The number of aliphatic imine (C=N–C) groups is 1. The second-order valence-corrected chi connectivity index (χ2v) is 9.68. The Morgan fingerprint density at radius 3 is 2.90 bits per heavy atom. The van der Waals surface area contributed by atoms with E-state index in [-0.39, 0.29) is 46.1 Å². The Labute approximate surface area is 185 Å². The maximum atomic E-state index is 13.1. The molecule has 0 saturated carbocycles. The molecule has 162 valence electrons. The molecule has 0 spiro atoms. The minimum atomic E-state index is -3.74. The summed E-state index contributed by atoms with van der Waals surface area (Å²) >= 11 is 12.7. The highest BCUT2D eigenvalue weighted by Crippen LogP contribution is 2.45. The molecule has 1 aromatic rings. The maximum absolute atomic E-state index is 13.1. The van der Waals surface area contributed by atoms with Crippen LogP contribution in [0, 0.1) is 0 Å². The second kappa shape index (κ2) is 9.51.